The molecule has 0 radical (unpaired) electrons. The Morgan fingerprint density at radius 1 is 0.323 bits per heavy atom. The maximum absolute atomic E-state index is 6.32. The molecule has 0 amide bonds. The van der Waals surface area contributed by atoms with Crippen molar-refractivity contribution >= 4 is 99.2 Å². The molecule has 0 unspecified atom stereocenters. The zero-order valence-electron chi connectivity index (χ0n) is 33.5. The van der Waals surface area contributed by atoms with Crippen LogP contribution in [0.1, 0.15) is 0 Å². The predicted molar refractivity (Wildman–Crippen MR) is 262 cm³/mol. The standard InChI is InChI=1S/C57H37N3OS/c1-4-16-38(17-5-1)39-28-30-43(31-29-39)59(41-18-6-2-7-19-41)45-34-40(57-58-55-50-25-12-10-22-47(50)48-23-11-13-26-51(48)56(55)62-57)35-46(36-45)60(42-20-8-3-9-21-42)44-32-33-54-52(37-44)49-24-14-15-27-53(49)61-54/h1-37H. The summed E-state index contributed by atoms with van der Waals surface area (Å²) in [6.45, 7) is 0. The van der Waals surface area contributed by atoms with Gasteiger partial charge in [0, 0.05) is 61.2 Å². The summed E-state index contributed by atoms with van der Waals surface area (Å²) in [6, 6.07) is 79.8. The van der Waals surface area contributed by atoms with Gasteiger partial charge in [-0.15, -0.1) is 11.3 Å². The normalized spacial score (nSPS) is 11.5. The average Bonchev–Trinajstić information content (AvgIpc) is 3.96. The molecule has 62 heavy (non-hydrogen) atoms. The molecule has 12 rings (SSSR count). The molecule has 0 N–H and O–H groups in total. The van der Waals surface area contributed by atoms with Crippen LogP contribution in [0.25, 0.3) is 75.4 Å². The van der Waals surface area contributed by atoms with Gasteiger partial charge in [-0.1, -0.05) is 146 Å². The topological polar surface area (TPSA) is 32.5 Å². The van der Waals surface area contributed by atoms with Crippen molar-refractivity contribution in [1.82, 2.24) is 4.98 Å². The third-order valence-corrected chi connectivity index (χ3v) is 13.0. The molecular weight excluding hydrogens is 775 g/mol. The third-order valence-electron chi connectivity index (χ3n) is 11.8. The van der Waals surface area contributed by atoms with Crippen LogP contribution < -0.4 is 9.80 Å². The summed E-state index contributed by atoms with van der Waals surface area (Å²) < 4.78 is 7.51. The number of thiazole rings is 1. The fourth-order valence-corrected chi connectivity index (χ4v) is 10.1. The van der Waals surface area contributed by atoms with Crippen molar-refractivity contribution < 1.29 is 4.42 Å². The van der Waals surface area contributed by atoms with Gasteiger partial charge in [0.1, 0.15) is 16.2 Å². The lowest BCUT2D eigenvalue weighted by Gasteiger charge is -2.30. The van der Waals surface area contributed by atoms with E-state index in [0.717, 1.165) is 77.5 Å². The highest BCUT2D eigenvalue weighted by molar-refractivity contribution is 7.22. The number of benzene rings is 10. The number of anilines is 6. The lowest BCUT2D eigenvalue weighted by Crippen LogP contribution is -2.13. The van der Waals surface area contributed by atoms with Gasteiger partial charge in [-0.05, 0) is 101 Å². The Morgan fingerprint density at radius 3 is 1.48 bits per heavy atom. The third kappa shape index (κ3) is 6.18. The summed E-state index contributed by atoms with van der Waals surface area (Å²) in [6.07, 6.45) is 0. The van der Waals surface area contributed by atoms with Crippen molar-refractivity contribution in [3.05, 3.63) is 224 Å². The molecule has 0 aliphatic carbocycles. The Hall–Kier alpha value is -7.99. The van der Waals surface area contributed by atoms with Gasteiger partial charge in [0.25, 0.3) is 0 Å². The second kappa shape index (κ2) is 14.9. The Bertz CT molecular complexity index is 3510. The minimum atomic E-state index is 0.862. The number of rotatable bonds is 8. The number of hydrogen-bond acceptors (Lipinski definition) is 5. The molecule has 12 aromatic rings. The van der Waals surface area contributed by atoms with Gasteiger partial charge in [-0.3, -0.25) is 0 Å². The molecule has 2 heterocycles. The van der Waals surface area contributed by atoms with Gasteiger partial charge in [0.15, 0.2) is 0 Å². The van der Waals surface area contributed by atoms with Crippen molar-refractivity contribution in [1.29, 1.82) is 0 Å². The Balaban J connectivity index is 1.12. The Morgan fingerprint density at radius 2 is 0.806 bits per heavy atom. The highest BCUT2D eigenvalue weighted by Crippen LogP contribution is 2.47. The van der Waals surface area contributed by atoms with Gasteiger partial charge < -0.3 is 14.2 Å². The van der Waals surface area contributed by atoms with Crippen LogP contribution in [0.3, 0.4) is 0 Å². The number of hydrogen-bond donors (Lipinski definition) is 0. The summed E-state index contributed by atoms with van der Waals surface area (Å²) in [7, 11) is 0. The first kappa shape index (κ1) is 35.9. The zero-order chi connectivity index (χ0) is 41.0. The van der Waals surface area contributed by atoms with Gasteiger partial charge >= 0.3 is 0 Å². The lowest BCUT2D eigenvalue weighted by molar-refractivity contribution is 0.669. The minimum Gasteiger partial charge on any atom is -0.456 e. The van der Waals surface area contributed by atoms with Crippen molar-refractivity contribution in [3.8, 4) is 21.7 Å². The molecule has 0 bridgehead atoms. The molecule has 0 aliphatic rings. The van der Waals surface area contributed by atoms with E-state index in [2.05, 4.69) is 222 Å². The van der Waals surface area contributed by atoms with E-state index in [1.807, 2.05) is 12.1 Å². The molecular formula is C57H37N3OS. The predicted octanol–water partition coefficient (Wildman–Crippen LogP) is 16.8. The van der Waals surface area contributed by atoms with E-state index < -0.39 is 0 Å². The molecule has 5 heteroatoms. The van der Waals surface area contributed by atoms with E-state index >= 15 is 0 Å². The van der Waals surface area contributed by atoms with Crippen LogP contribution in [0.4, 0.5) is 34.1 Å². The number of fused-ring (bicyclic) bond motifs is 9. The summed E-state index contributed by atoms with van der Waals surface area (Å²) in [4.78, 5) is 10.2. The molecule has 4 nitrogen and oxygen atoms in total. The lowest BCUT2D eigenvalue weighted by atomic mass is 10.0. The molecule has 0 fully saturated rings. The van der Waals surface area contributed by atoms with Crippen LogP contribution >= 0.6 is 11.3 Å². The van der Waals surface area contributed by atoms with E-state index in [9.17, 15) is 0 Å². The first-order valence-electron chi connectivity index (χ1n) is 20.9. The number of aromatic nitrogens is 1. The average molecular weight is 812 g/mol. The van der Waals surface area contributed by atoms with E-state index in [4.69, 9.17) is 9.40 Å². The molecule has 0 atom stereocenters. The fourth-order valence-electron chi connectivity index (χ4n) is 8.96. The van der Waals surface area contributed by atoms with Crippen LogP contribution in [0.2, 0.25) is 0 Å². The summed E-state index contributed by atoms with van der Waals surface area (Å²) in [5.74, 6) is 0. The van der Waals surface area contributed by atoms with E-state index in [1.54, 1.807) is 11.3 Å². The highest BCUT2D eigenvalue weighted by atomic mass is 32.1. The van der Waals surface area contributed by atoms with Crippen LogP contribution in [-0.2, 0) is 0 Å². The first-order valence-corrected chi connectivity index (χ1v) is 21.7. The number of para-hydroxylation sites is 3. The quantitative estimate of drug-likeness (QED) is 0.143. The molecule has 0 saturated carbocycles. The maximum atomic E-state index is 6.32. The number of nitrogens with zero attached hydrogens (tertiary/aromatic N) is 3. The van der Waals surface area contributed by atoms with Crippen molar-refractivity contribution in [3.63, 3.8) is 0 Å². The molecule has 292 valence electrons. The number of furan rings is 1. The monoisotopic (exact) mass is 811 g/mol. The molecule has 2 aromatic heterocycles. The highest BCUT2D eigenvalue weighted by Gasteiger charge is 2.22. The SMILES string of the molecule is c1ccc(-c2ccc(N(c3ccccc3)c3cc(-c4nc5c6ccccc6c6ccccc6c5s4)cc(N(c4ccccc4)c4ccc5oc6ccccc6c5c4)c3)cc2)cc1. The fraction of sp³-hybridized carbons (Fsp3) is 0. The van der Waals surface area contributed by atoms with Crippen LogP contribution in [0, 0.1) is 0 Å². The molecule has 10 aromatic carbocycles. The molecule has 0 saturated heterocycles. The van der Waals surface area contributed by atoms with Crippen LogP contribution in [0.5, 0.6) is 0 Å². The van der Waals surface area contributed by atoms with Gasteiger partial charge in [0.05, 0.1) is 10.2 Å². The van der Waals surface area contributed by atoms with Gasteiger partial charge in [-0.25, -0.2) is 4.98 Å². The van der Waals surface area contributed by atoms with Crippen LogP contribution in [-0.4, -0.2) is 4.98 Å². The largest absolute Gasteiger partial charge is 0.456 e. The molecule has 0 spiro atoms. The zero-order valence-corrected chi connectivity index (χ0v) is 34.3. The second-order valence-corrected chi connectivity index (χ2v) is 16.6. The van der Waals surface area contributed by atoms with E-state index in [1.165, 1.54) is 32.0 Å². The summed E-state index contributed by atoms with van der Waals surface area (Å²) >= 11 is 1.76. The smallest absolute Gasteiger partial charge is 0.135 e. The summed E-state index contributed by atoms with van der Waals surface area (Å²) in [5, 5.41) is 7.97. The first-order chi connectivity index (χ1) is 30.7. The Labute approximate surface area is 362 Å². The minimum absolute atomic E-state index is 0.862. The van der Waals surface area contributed by atoms with Crippen molar-refractivity contribution in [2.24, 2.45) is 0 Å². The van der Waals surface area contributed by atoms with E-state index in [-0.39, 0.29) is 0 Å². The Kier molecular flexibility index (Phi) is 8.65. The van der Waals surface area contributed by atoms with Gasteiger partial charge in [-0.2, -0.15) is 0 Å². The second-order valence-electron chi connectivity index (χ2n) is 15.6. The van der Waals surface area contributed by atoms with Crippen LogP contribution in [0.15, 0.2) is 229 Å². The van der Waals surface area contributed by atoms with E-state index in [0.29, 0.717) is 0 Å². The van der Waals surface area contributed by atoms with Gasteiger partial charge in [0.2, 0.25) is 0 Å². The van der Waals surface area contributed by atoms with Crippen molar-refractivity contribution in [2.45, 2.75) is 0 Å². The maximum Gasteiger partial charge on any atom is 0.135 e. The molecule has 0 aliphatic heterocycles. The van der Waals surface area contributed by atoms with Crippen molar-refractivity contribution in [2.75, 3.05) is 9.80 Å². The summed E-state index contributed by atoms with van der Waals surface area (Å²) in [5.41, 5.74) is 12.4.